The zero-order valence-electron chi connectivity index (χ0n) is 12.6. The van der Waals surface area contributed by atoms with Crippen molar-refractivity contribution in [3.63, 3.8) is 0 Å². The molecular weight excluding hydrogens is 268 g/mol. The molecular formula is C16H26N2O3. The normalized spacial score (nSPS) is 36.1. The minimum absolute atomic E-state index is 0.0234. The van der Waals surface area contributed by atoms with Crippen LogP contribution in [0.4, 0.5) is 4.79 Å². The van der Waals surface area contributed by atoms with E-state index in [1.807, 2.05) is 4.90 Å². The number of hydrogen-bond donors (Lipinski definition) is 2. The SMILES string of the molecule is O=C(O)C1CCCC1NC(=O)N1CCC[C@H]2CCCC[C@H]21. The van der Waals surface area contributed by atoms with Crippen LogP contribution < -0.4 is 5.32 Å². The van der Waals surface area contributed by atoms with Gasteiger partial charge in [-0.15, -0.1) is 0 Å². The van der Waals surface area contributed by atoms with E-state index in [-0.39, 0.29) is 12.1 Å². The summed E-state index contributed by atoms with van der Waals surface area (Å²) >= 11 is 0. The van der Waals surface area contributed by atoms with Crippen LogP contribution in [0.2, 0.25) is 0 Å². The number of urea groups is 1. The van der Waals surface area contributed by atoms with Gasteiger partial charge in [-0.3, -0.25) is 4.79 Å². The van der Waals surface area contributed by atoms with Crippen molar-refractivity contribution in [1.29, 1.82) is 0 Å². The highest BCUT2D eigenvalue weighted by atomic mass is 16.4. The predicted octanol–water partition coefficient (Wildman–Crippen LogP) is 2.60. The maximum absolute atomic E-state index is 12.6. The van der Waals surface area contributed by atoms with Crippen LogP contribution in [0.25, 0.3) is 0 Å². The Bertz CT molecular complexity index is 410. The topological polar surface area (TPSA) is 69.6 Å². The molecule has 0 aromatic heterocycles. The first-order chi connectivity index (χ1) is 10.2. The van der Waals surface area contributed by atoms with Gasteiger partial charge in [-0.05, 0) is 44.4 Å². The first kappa shape index (κ1) is 14.7. The average molecular weight is 294 g/mol. The third-order valence-electron chi connectivity index (χ3n) is 5.65. The van der Waals surface area contributed by atoms with Crippen molar-refractivity contribution in [2.45, 2.75) is 69.9 Å². The monoisotopic (exact) mass is 294 g/mol. The number of amides is 2. The molecule has 0 aromatic rings. The largest absolute Gasteiger partial charge is 0.481 e. The number of carbonyl (C=O) groups is 2. The molecule has 5 heteroatoms. The summed E-state index contributed by atoms with van der Waals surface area (Å²) in [6, 6.07) is 0.181. The van der Waals surface area contributed by atoms with Gasteiger partial charge in [0.15, 0.2) is 0 Å². The summed E-state index contributed by atoms with van der Waals surface area (Å²) in [7, 11) is 0. The van der Waals surface area contributed by atoms with E-state index in [0.717, 1.165) is 32.2 Å². The van der Waals surface area contributed by atoms with Crippen LogP contribution in [0.1, 0.15) is 57.8 Å². The fraction of sp³-hybridized carbons (Fsp3) is 0.875. The summed E-state index contributed by atoms with van der Waals surface area (Å²) in [6.07, 6.45) is 9.58. The second-order valence-electron chi connectivity index (χ2n) is 6.88. The lowest BCUT2D eigenvalue weighted by Gasteiger charge is -2.44. The molecule has 2 unspecified atom stereocenters. The predicted molar refractivity (Wildman–Crippen MR) is 79.0 cm³/mol. The fourth-order valence-corrected chi connectivity index (χ4v) is 4.55. The molecule has 118 valence electrons. The Balaban J connectivity index is 1.62. The maximum Gasteiger partial charge on any atom is 0.317 e. The molecule has 3 fully saturated rings. The van der Waals surface area contributed by atoms with Crippen molar-refractivity contribution >= 4 is 12.0 Å². The van der Waals surface area contributed by atoms with Crippen molar-refractivity contribution in [3.8, 4) is 0 Å². The van der Waals surface area contributed by atoms with Gasteiger partial charge in [0, 0.05) is 18.6 Å². The molecule has 5 nitrogen and oxygen atoms in total. The molecule has 1 heterocycles. The quantitative estimate of drug-likeness (QED) is 0.822. The molecule has 0 radical (unpaired) electrons. The van der Waals surface area contributed by atoms with Crippen LogP contribution in [-0.2, 0) is 4.79 Å². The van der Waals surface area contributed by atoms with Crippen LogP contribution in [0.3, 0.4) is 0 Å². The number of carbonyl (C=O) groups excluding carboxylic acids is 1. The van der Waals surface area contributed by atoms with Crippen LogP contribution in [0.15, 0.2) is 0 Å². The third-order valence-corrected chi connectivity index (χ3v) is 5.65. The smallest absolute Gasteiger partial charge is 0.317 e. The summed E-state index contributed by atoms with van der Waals surface area (Å²) in [6.45, 7) is 0.831. The Morgan fingerprint density at radius 1 is 0.952 bits per heavy atom. The van der Waals surface area contributed by atoms with Crippen LogP contribution in [0.5, 0.6) is 0 Å². The number of aliphatic carboxylic acids is 1. The molecule has 21 heavy (non-hydrogen) atoms. The molecule has 3 aliphatic rings. The van der Waals surface area contributed by atoms with Gasteiger partial charge in [0.05, 0.1) is 5.92 Å². The van der Waals surface area contributed by atoms with Gasteiger partial charge >= 0.3 is 12.0 Å². The highest BCUT2D eigenvalue weighted by Gasteiger charge is 2.39. The molecule has 0 aromatic carbocycles. The Morgan fingerprint density at radius 2 is 1.71 bits per heavy atom. The number of hydrogen-bond acceptors (Lipinski definition) is 2. The Morgan fingerprint density at radius 3 is 2.52 bits per heavy atom. The lowest BCUT2D eigenvalue weighted by Crippen LogP contribution is -2.55. The van der Waals surface area contributed by atoms with Crippen molar-refractivity contribution in [1.82, 2.24) is 10.2 Å². The molecule has 0 spiro atoms. The van der Waals surface area contributed by atoms with Gasteiger partial charge < -0.3 is 15.3 Å². The van der Waals surface area contributed by atoms with Gasteiger partial charge in [0.1, 0.15) is 0 Å². The van der Waals surface area contributed by atoms with Crippen molar-refractivity contribution in [2.75, 3.05) is 6.54 Å². The van der Waals surface area contributed by atoms with Gasteiger partial charge in [-0.2, -0.15) is 0 Å². The Hall–Kier alpha value is -1.26. The number of nitrogens with zero attached hydrogens (tertiary/aromatic N) is 1. The van der Waals surface area contributed by atoms with E-state index in [1.165, 1.54) is 25.7 Å². The first-order valence-electron chi connectivity index (χ1n) is 8.47. The summed E-state index contributed by atoms with van der Waals surface area (Å²) < 4.78 is 0. The second-order valence-corrected chi connectivity index (χ2v) is 6.88. The standard InChI is InChI=1S/C16H26N2O3/c19-15(20)12-7-3-8-13(12)17-16(21)18-10-4-6-11-5-1-2-9-14(11)18/h11-14H,1-10H2,(H,17,21)(H,19,20)/t11-,12?,13?,14-/m1/s1. The molecule has 0 bridgehead atoms. The molecule has 2 amide bonds. The second kappa shape index (κ2) is 6.24. The first-order valence-corrected chi connectivity index (χ1v) is 8.47. The summed E-state index contributed by atoms with van der Waals surface area (Å²) in [5, 5.41) is 12.2. The molecule has 3 rings (SSSR count). The number of carboxylic acid groups (broad SMARTS) is 1. The lowest BCUT2D eigenvalue weighted by atomic mass is 9.78. The molecule has 1 aliphatic heterocycles. The van der Waals surface area contributed by atoms with E-state index in [4.69, 9.17) is 0 Å². The number of rotatable bonds is 2. The lowest BCUT2D eigenvalue weighted by molar-refractivity contribution is -0.142. The summed E-state index contributed by atoms with van der Waals surface area (Å²) in [5.74, 6) is -0.509. The van der Waals surface area contributed by atoms with Gasteiger partial charge in [0.25, 0.3) is 0 Å². The van der Waals surface area contributed by atoms with Crippen molar-refractivity contribution in [2.24, 2.45) is 11.8 Å². The number of nitrogens with one attached hydrogen (secondary N) is 1. The minimum Gasteiger partial charge on any atom is -0.481 e. The van der Waals surface area contributed by atoms with E-state index in [2.05, 4.69) is 5.32 Å². The summed E-state index contributed by atoms with van der Waals surface area (Å²) in [4.78, 5) is 25.8. The van der Waals surface area contributed by atoms with E-state index in [9.17, 15) is 14.7 Å². The number of carboxylic acids is 1. The van der Waals surface area contributed by atoms with Gasteiger partial charge in [-0.25, -0.2) is 4.79 Å². The van der Waals surface area contributed by atoms with E-state index < -0.39 is 11.9 Å². The van der Waals surface area contributed by atoms with E-state index in [0.29, 0.717) is 18.4 Å². The molecule has 1 saturated heterocycles. The van der Waals surface area contributed by atoms with Crippen LogP contribution in [0, 0.1) is 11.8 Å². The van der Waals surface area contributed by atoms with Crippen LogP contribution >= 0.6 is 0 Å². The van der Waals surface area contributed by atoms with E-state index >= 15 is 0 Å². The fourth-order valence-electron chi connectivity index (χ4n) is 4.55. The Kier molecular flexibility index (Phi) is 4.36. The minimum atomic E-state index is -0.771. The average Bonchev–Trinajstić information content (AvgIpc) is 2.95. The third kappa shape index (κ3) is 3.01. The molecule has 2 N–H and O–H groups in total. The number of likely N-dealkylation sites (tertiary alicyclic amines) is 1. The molecule has 2 saturated carbocycles. The van der Waals surface area contributed by atoms with Gasteiger partial charge in [0.2, 0.25) is 0 Å². The highest BCUT2D eigenvalue weighted by molar-refractivity contribution is 5.77. The van der Waals surface area contributed by atoms with Crippen molar-refractivity contribution < 1.29 is 14.7 Å². The van der Waals surface area contributed by atoms with Crippen LogP contribution in [-0.4, -0.2) is 40.6 Å². The highest BCUT2D eigenvalue weighted by Crippen LogP contribution is 2.35. The molecule has 2 aliphatic carbocycles. The number of fused-ring (bicyclic) bond motifs is 1. The zero-order valence-corrected chi connectivity index (χ0v) is 12.6. The molecule has 4 atom stereocenters. The zero-order chi connectivity index (χ0) is 14.8. The van der Waals surface area contributed by atoms with E-state index in [1.54, 1.807) is 0 Å². The Labute approximate surface area is 126 Å². The van der Waals surface area contributed by atoms with Gasteiger partial charge in [-0.1, -0.05) is 19.3 Å². The summed E-state index contributed by atoms with van der Waals surface area (Å²) in [5.41, 5.74) is 0. The van der Waals surface area contributed by atoms with Crippen molar-refractivity contribution in [3.05, 3.63) is 0 Å². The maximum atomic E-state index is 12.6. The number of piperidine rings is 1.